The summed E-state index contributed by atoms with van der Waals surface area (Å²) in [5, 5.41) is 8.87. The largest absolute Gasteiger partial charge is 0.336 e. The minimum atomic E-state index is 0.767. The first-order chi connectivity index (χ1) is 8.20. The zero-order valence-corrected chi connectivity index (χ0v) is 10.9. The van der Waals surface area contributed by atoms with Gasteiger partial charge in [-0.05, 0) is 12.5 Å². The average Bonchev–Trinajstić information content (AvgIpc) is 2.67. The van der Waals surface area contributed by atoms with E-state index in [1.54, 1.807) is 16.4 Å². The van der Waals surface area contributed by atoms with Gasteiger partial charge in [0.05, 0.1) is 0 Å². The first-order valence-corrected chi connectivity index (χ1v) is 6.57. The SMILES string of the molecule is CCc1nnc(SCc2cccc(C)c2)n1N. The molecule has 1 aromatic heterocycles. The van der Waals surface area contributed by atoms with E-state index in [2.05, 4.69) is 41.4 Å². The highest BCUT2D eigenvalue weighted by atomic mass is 32.2. The Bertz CT molecular complexity index is 507. The van der Waals surface area contributed by atoms with Gasteiger partial charge in [0.25, 0.3) is 0 Å². The summed E-state index contributed by atoms with van der Waals surface area (Å²) < 4.78 is 1.57. The van der Waals surface area contributed by atoms with Crippen LogP contribution in [-0.4, -0.2) is 14.9 Å². The van der Waals surface area contributed by atoms with Gasteiger partial charge in [0, 0.05) is 12.2 Å². The van der Waals surface area contributed by atoms with Crippen LogP contribution < -0.4 is 5.84 Å². The highest BCUT2D eigenvalue weighted by Crippen LogP contribution is 2.20. The maximum absolute atomic E-state index is 5.88. The smallest absolute Gasteiger partial charge is 0.210 e. The molecule has 0 aliphatic heterocycles. The Morgan fingerprint density at radius 2 is 2.18 bits per heavy atom. The Kier molecular flexibility index (Phi) is 3.68. The standard InChI is InChI=1S/C12H16N4S/c1-3-11-14-15-12(16(11)13)17-8-10-6-4-5-9(2)7-10/h4-7H,3,8,13H2,1-2H3. The number of rotatable bonds is 4. The van der Waals surface area contributed by atoms with Crippen molar-refractivity contribution >= 4 is 11.8 Å². The second-order valence-electron chi connectivity index (χ2n) is 3.90. The van der Waals surface area contributed by atoms with Gasteiger partial charge in [0.2, 0.25) is 5.16 Å². The van der Waals surface area contributed by atoms with Crippen LogP contribution in [0.5, 0.6) is 0 Å². The molecule has 17 heavy (non-hydrogen) atoms. The Hall–Kier alpha value is -1.49. The molecule has 0 atom stereocenters. The van der Waals surface area contributed by atoms with E-state index in [0.717, 1.165) is 23.2 Å². The third kappa shape index (κ3) is 2.79. The van der Waals surface area contributed by atoms with E-state index in [1.807, 2.05) is 6.92 Å². The minimum Gasteiger partial charge on any atom is -0.336 e. The third-order valence-corrected chi connectivity index (χ3v) is 3.52. The predicted molar refractivity (Wildman–Crippen MR) is 70.3 cm³/mol. The molecular weight excluding hydrogens is 232 g/mol. The first kappa shape index (κ1) is 12.0. The average molecular weight is 248 g/mol. The Balaban J connectivity index is 2.05. The van der Waals surface area contributed by atoms with Crippen LogP contribution in [0.15, 0.2) is 29.4 Å². The first-order valence-electron chi connectivity index (χ1n) is 5.58. The van der Waals surface area contributed by atoms with Gasteiger partial charge in [-0.2, -0.15) is 0 Å². The van der Waals surface area contributed by atoms with Crippen molar-refractivity contribution in [3.05, 3.63) is 41.2 Å². The van der Waals surface area contributed by atoms with Gasteiger partial charge >= 0.3 is 0 Å². The molecule has 4 nitrogen and oxygen atoms in total. The van der Waals surface area contributed by atoms with E-state index in [1.165, 1.54) is 11.1 Å². The van der Waals surface area contributed by atoms with E-state index in [9.17, 15) is 0 Å². The molecule has 0 bridgehead atoms. The Morgan fingerprint density at radius 1 is 1.35 bits per heavy atom. The summed E-state index contributed by atoms with van der Waals surface area (Å²) in [6, 6.07) is 8.44. The number of aromatic nitrogens is 3. The predicted octanol–water partition coefficient (Wildman–Crippen LogP) is 2.16. The van der Waals surface area contributed by atoms with Crippen molar-refractivity contribution in [2.45, 2.75) is 31.2 Å². The number of hydrogen-bond acceptors (Lipinski definition) is 4. The van der Waals surface area contributed by atoms with Crippen LogP contribution in [0, 0.1) is 6.92 Å². The van der Waals surface area contributed by atoms with E-state index >= 15 is 0 Å². The van der Waals surface area contributed by atoms with Crippen molar-refractivity contribution in [3.63, 3.8) is 0 Å². The molecule has 0 fully saturated rings. The number of nitrogens with two attached hydrogens (primary N) is 1. The number of aryl methyl sites for hydroxylation is 2. The fraction of sp³-hybridized carbons (Fsp3) is 0.333. The normalized spacial score (nSPS) is 10.7. The highest BCUT2D eigenvalue weighted by molar-refractivity contribution is 7.98. The quantitative estimate of drug-likeness (QED) is 0.665. The molecule has 0 aliphatic rings. The van der Waals surface area contributed by atoms with Crippen LogP contribution in [-0.2, 0) is 12.2 Å². The summed E-state index contributed by atoms with van der Waals surface area (Å²) in [6.07, 6.45) is 0.800. The molecule has 5 heteroatoms. The van der Waals surface area contributed by atoms with Crippen molar-refractivity contribution in [1.82, 2.24) is 14.9 Å². The molecule has 1 aromatic carbocycles. The van der Waals surface area contributed by atoms with Gasteiger partial charge in [-0.3, -0.25) is 0 Å². The molecule has 2 aromatic rings. The molecule has 0 saturated heterocycles. The molecule has 90 valence electrons. The summed E-state index contributed by atoms with van der Waals surface area (Å²) in [5.41, 5.74) is 2.54. The molecular formula is C12H16N4S. The fourth-order valence-electron chi connectivity index (χ4n) is 1.60. The molecule has 2 rings (SSSR count). The van der Waals surface area contributed by atoms with E-state index < -0.39 is 0 Å². The summed E-state index contributed by atoms with van der Waals surface area (Å²) in [5.74, 6) is 7.56. The summed E-state index contributed by atoms with van der Waals surface area (Å²) in [4.78, 5) is 0. The maximum atomic E-state index is 5.88. The lowest BCUT2D eigenvalue weighted by Crippen LogP contribution is -2.13. The molecule has 0 radical (unpaired) electrons. The maximum Gasteiger partial charge on any atom is 0.210 e. The van der Waals surface area contributed by atoms with E-state index in [4.69, 9.17) is 5.84 Å². The van der Waals surface area contributed by atoms with Crippen LogP contribution >= 0.6 is 11.8 Å². The number of nitrogens with zero attached hydrogens (tertiary/aromatic N) is 3. The second kappa shape index (κ2) is 5.23. The number of nitrogen functional groups attached to an aromatic ring is 1. The molecule has 2 N–H and O–H groups in total. The second-order valence-corrected chi connectivity index (χ2v) is 4.84. The third-order valence-electron chi connectivity index (χ3n) is 2.50. The Labute approximate surface area is 105 Å². The molecule has 0 aliphatic carbocycles. The summed E-state index contributed by atoms with van der Waals surface area (Å²) in [7, 11) is 0. The Morgan fingerprint density at radius 3 is 2.82 bits per heavy atom. The van der Waals surface area contributed by atoms with Crippen molar-refractivity contribution in [2.24, 2.45) is 0 Å². The van der Waals surface area contributed by atoms with Crippen LogP contribution in [0.25, 0.3) is 0 Å². The lowest BCUT2D eigenvalue weighted by Gasteiger charge is -2.03. The van der Waals surface area contributed by atoms with Crippen LogP contribution in [0.4, 0.5) is 0 Å². The van der Waals surface area contributed by atoms with Crippen molar-refractivity contribution < 1.29 is 0 Å². The van der Waals surface area contributed by atoms with E-state index in [0.29, 0.717) is 0 Å². The van der Waals surface area contributed by atoms with Gasteiger partial charge in [-0.25, -0.2) is 4.68 Å². The lowest BCUT2D eigenvalue weighted by atomic mass is 10.2. The lowest BCUT2D eigenvalue weighted by molar-refractivity contribution is 0.796. The van der Waals surface area contributed by atoms with Crippen molar-refractivity contribution in [2.75, 3.05) is 5.84 Å². The van der Waals surface area contributed by atoms with Gasteiger partial charge in [0.1, 0.15) is 0 Å². The number of hydrogen-bond donors (Lipinski definition) is 1. The van der Waals surface area contributed by atoms with Gasteiger partial charge < -0.3 is 5.84 Å². The van der Waals surface area contributed by atoms with Crippen molar-refractivity contribution in [3.8, 4) is 0 Å². The van der Waals surface area contributed by atoms with Gasteiger partial charge in [-0.15, -0.1) is 10.2 Å². The molecule has 0 amide bonds. The summed E-state index contributed by atoms with van der Waals surface area (Å²) in [6.45, 7) is 4.11. The molecule has 0 spiro atoms. The highest BCUT2D eigenvalue weighted by Gasteiger charge is 2.08. The van der Waals surface area contributed by atoms with E-state index in [-0.39, 0.29) is 0 Å². The molecule has 1 heterocycles. The van der Waals surface area contributed by atoms with Crippen LogP contribution in [0.2, 0.25) is 0 Å². The van der Waals surface area contributed by atoms with Gasteiger partial charge in [0.15, 0.2) is 5.82 Å². The minimum absolute atomic E-state index is 0.767. The zero-order chi connectivity index (χ0) is 12.3. The van der Waals surface area contributed by atoms with Crippen LogP contribution in [0.1, 0.15) is 23.9 Å². The fourth-order valence-corrected chi connectivity index (χ4v) is 2.41. The zero-order valence-electron chi connectivity index (χ0n) is 10.1. The number of thioether (sulfide) groups is 1. The summed E-state index contributed by atoms with van der Waals surface area (Å²) >= 11 is 1.61. The molecule has 0 saturated carbocycles. The van der Waals surface area contributed by atoms with Crippen LogP contribution in [0.3, 0.4) is 0 Å². The monoisotopic (exact) mass is 248 g/mol. The number of benzene rings is 1. The topological polar surface area (TPSA) is 56.7 Å². The molecule has 0 unspecified atom stereocenters. The van der Waals surface area contributed by atoms with Crippen molar-refractivity contribution in [1.29, 1.82) is 0 Å². The van der Waals surface area contributed by atoms with Gasteiger partial charge in [-0.1, -0.05) is 48.5 Å².